The predicted octanol–water partition coefficient (Wildman–Crippen LogP) is 1.36. The zero-order chi connectivity index (χ0) is 15.5. The van der Waals surface area contributed by atoms with E-state index >= 15 is 0 Å². The lowest BCUT2D eigenvalue weighted by Crippen LogP contribution is -2.64. The van der Waals surface area contributed by atoms with Crippen molar-refractivity contribution in [2.75, 3.05) is 27.2 Å². The summed E-state index contributed by atoms with van der Waals surface area (Å²) in [6, 6.07) is -0.557. The van der Waals surface area contributed by atoms with Crippen molar-refractivity contribution in [2.45, 2.75) is 44.9 Å². The molecule has 2 fully saturated rings. The van der Waals surface area contributed by atoms with Crippen LogP contribution in [-0.4, -0.2) is 54.8 Å². The molecule has 118 valence electrons. The van der Waals surface area contributed by atoms with E-state index in [4.69, 9.17) is 0 Å². The Morgan fingerprint density at radius 2 is 1.71 bits per heavy atom. The summed E-state index contributed by atoms with van der Waals surface area (Å²) in [5.74, 6) is -0.667. The van der Waals surface area contributed by atoms with E-state index in [1.54, 1.807) is 0 Å². The number of barbiturate groups is 1. The lowest BCUT2D eigenvalue weighted by atomic mass is 9.77. The number of nitrogens with zero attached hydrogens (tertiary/aromatic N) is 2. The lowest BCUT2D eigenvalue weighted by molar-refractivity contribution is -0.152. The maximum absolute atomic E-state index is 12.8. The van der Waals surface area contributed by atoms with E-state index in [0.29, 0.717) is 19.4 Å². The van der Waals surface area contributed by atoms with Crippen molar-refractivity contribution in [1.82, 2.24) is 15.1 Å². The molecule has 1 saturated heterocycles. The van der Waals surface area contributed by atoms with E-state index < -0.39 is 11.4 Å². The molecular weight excluding hydrogens is 270 g/mol. The molecule has 4 amide bonds. The summed E-state index contributed by atoms with van der Waals surface area (Å²) in [4.78, 5) is 40.3. The van der Waals surface area contributed by atoms with Crippen molar-refractivity contribution in [3.63, 3.8) is 0 Å². The van der Waals surface area contributed by atoms with Crippen LogP contribution in [0.2, 0.25) is 0 Å². The minimum atomic E-state index is -0.997. The summed E-state index contributed by atoms with van der Waals surface area (Å²) in [6.45, 7) is 1.18. The number of nitrogens with one attached hydrogen (secondary N) is 1. The smallest absolute Gasteiger partial charge is 0.309 e. The number of rotatable bonds is 4. The quantitative estimate of drug-likeness (QED) is 0.795. The highest BCUT2D eigenvalue weighted by Crippen LogP contribution is 2.39. The molecule has 21 heavy (non-hydrogen) atoms. The molecule has 0 aromatic heterocycles. The van der Waals surface area contributed by atoms with Crippen LogP contribution in [0.1, 0.15) is 44.9 Å². The SMILES string of the molecule is CN(C)CCCN1C(=O)NC(=O)C2(CCCCCC2)C1=O. The Morgan fingerprint density at radius 3 is 2.29 bits per heavy atom. The summed E-state index contributed by atoms with van der Waals surface area (Å²) in [7, 11) is 3.91. The fraction of sp³-hybridized carbons (Fsp3) is 0.800. The number of hydrogen-bond donors (Lipinski definition) is 1. The van der Waals surface area contributed by atoms with Gasteiger partial charge < -0.3 is 4.90 Å². The first-order valence-electron chi connectivity index (χ1n) is 7.79. The molecule has 0 atom stereocenters. The van der Waals surface area contributed by atoms with Crippen LogP contribution in [-0.2, 0) is 9.59 Å². The second kappa shape index (κ2) is 6.56. The van der Waals surface area contributed by atoms with Crippen molar-refractivity contribution < 1.29 is 14.4 Å². The van der Waals surface area contributed by atoms with Gasteiger partial charge in [0, 0.05) is 6.54 Å². The molecule has 0 radical (unpaired) electrons. The van der Waals surface area contributed by atoms with Gasteiger partial charge in [0.2, 0.25) is 11.8 Å². The number of hydrogen-bond acceptors (Lipinski definition) is 4. The van der Waals surface area contributed by atoms with Crippen molar-refractivity contribution in [3.8, 4) is 0 Å². The fourth-order valence-electron chi connectivity index (χ4n) is 3.25. The third kappa shape index (κ3) is 3.26. The standard InChI is InChI=1S/C15H25N3O3/c1-17(2)10-7-11-18-13(20)15(12(19)16-14(18)21)8-5-3-4-6-9-15/h3-11H2,1-2H3,(H,16,19,21). The minimum absolute atomic E-state index is 0.281. The van der Waals surface area contributed by atoms with E-state index in [-0.39, 0.29) is 11.8 Å². The number of urea groups is 1. The van der Waals surface area contributed by atoms with Crippen LogP contribution in [0.4, 0.5) is 4.79 Å². The van der Waals surface area contributed by atoms with Crippen molar-refractivity contribution in [3.05, 3.63) is 0 Å². The average Bonchev–Trinajstić information content (AvgIpc) is 2.67. The molecule has 1 aliphatic heterocycles. The first kappa shape index (κ1) is 15.9. The second-order valence-corrected chi connectivity index (χ2v) is 6.37. The highest BCUT2D eigenvalue weighted by Gasteiger charge is 2.53. The third-order valence-corrected chi connectivity index (χ3v) is 4.50. The van der Waals surface area contributed by atoms with Gasteiger partial charge in [-0.3, -0.25) is 19.8 Å². The molecular formula is C15H25N3O3. The first-order valence-corrected chi connectivity index (χ1v) is 7.79. The summed E-state index contributed by atoms with van der Waals surface area (Å²) in [5, 5.41) is 2.40. The zero-order valence-electron chi connectivity index (χ0n) is 13.0. The first-order chi connectivity index (χ1) is 9.97. The van der Waals surface area contributed by atoms with Gasteiger partial charge in [-0.15, -0.1) is 0 Å². The zero-order valence-corrected chi connectivity index (χ0v) is 13.0. The molecule has 2 aliphatic rings. The second-order valence-electron chi connectivity index (χ2n) is 6.37. The van der Waals surface area contributed by atoms with Gasteiger partial charge in [0.05, 0.1) is 0 Å². The van der Waals surface area contributed by atoms with E-state index in [2.05, 4.69) is 5.32 Å². The van der Waals surface area contributed by atoms with Crippen molar-refractivity contribution in [1.29, 1.82) is 0 Å². The number of carbonyl (C=O) groups excluding carboxylic acids is 3. The van der Waals surface area contributed by atoms with Crippen LogP contribution in [0, 0.1) is 5.41 Å². The Balaban J connectivity index is 2.12. The normalized spacial score (nSPS) is 22.6. The summed E-state index contributed by atoms with van der Waals surface area (Å²) >= 11 is 0. The fourth-order valence-corrected chi connectivity index (χ4v) is 3.25. The number of imide groups is 2. The van der Waals surface area contributed by atoms with Crippen LogP contribution in [0.5, 0.6) is 0 Å². The molecule has 1 aliphatic carbocycles. The Hall–Kier alpha value is -1.43. The Labute approximate surface area is 125 Å². The average molecular weight is 295 g/mol. The Morgan fingerprint density at radius 1 is 1.10 bits per heavy atom. The molecule has 0 aromatic rings. The molecule has 1 heterocycles. The third-order valence-electron chi connectivity index (χ3n) is 4.50. The molecule has 2 rings (SSSR count). The summed E-state index contributed by atoms with van der Waals surface area (Å²) in [6.07, 6.45) is 5.70. The Kier molecular flexibility index (Phi) is 4.98. The Bertz CT molecular complexity index is 426. The van der Waals surface area contributed by atoms with Gasteiger partial charge in [0.1, 0.15) is 5.41 Å². The van der Waals surface area contributed by atoms with Gasteiger partial charge in [-0.05, 0) is 39.9 Å². The number of carbonyl (C=O) groups is 3. The summed E-state index contributed by atoms with van der Waals surface area (Å²) in [5.41, 5.74) is -0.997. The van der Waals surface area contributed by atoms with Gasteiger partial charge in [-0.2, -0.15) is 0 Å². The molecule has 6 nitrogen and oxygen atoms in total. The van der Waals surface area contributed by atoms with Crippen molar-refractivity contribution >= 4 is 17.8 Å². The van der Waals surface area contributed by atoms with Crippen LogP contribution in [0.25, 0.3) is 0 Å². The molecule has 0 bridgehead atoms. The lowest BCUT2D eigenvalue weighted by Gasteiger charge is -2.39. The maximum atomic E-state index is 12.8. The van der Waals surface area contributed by atoms with E-state index in [9.17, 15) is 14.4 Å². The van der Waals surface area contributed by atoms with E-state index in [0.717, 1.165) is 38.6 Å². The van der Waals surface area contributed by atoms with E-state index in [1.807, 2.05) is 19.0 Å². The molecule has 1 spiro atoms. The van der Waals surface area contributed by atoms with E-state index in [1.165, 1.54) is 4.90 Å². The molecule has 0 aromatic carbocycles. The molecule has 1 saturated carbocycles. The van der Waals surface area contributed by atoms with Gasteiger partial charge in [0.15, 0.2) is 0 Å². The summed E-state index contributed by atoms with van der Waals surface area (Å²) < 4.78 is 0. The highest BCUT2D eigenvalue weighted by molar-refractivity contribution is 6.19. The van der Waals surface area contributed by atoms with Crippen LogP contribution < -0.4 is 5.32 Å². The van der Waals surface area contributed by atoms with Crippen LogP contribution in [0.15, 0.2) is 0 Å². The largest absolute Gasteiger partial charge is 0.330 e. The maximum Gasteiger partial charge on any atom is 0.330 e. The van der Waals surface area contributed by atoms with Gasteiger partial charge in [0.25, 0.3) is 0 Å². The van der Waals surface area contributed by atoms with Gasteiger partial charge >= 0.3 is 6.03 Å². The molecule has 0 unspecified atom stereocenters. The topological polar surface area (TPSA) is 69.7 Å². The minimum Gasteiger partial charge on any atom is -0.309 e. The highest BCUT2D eigenvalue weighted by atomic mass is 16.2. The van der Waals surface area contributed by atoms with Crippen molar-refractivity contribution in [2.24, 2.45) is 5.41 Å². The predicted molar refractivity (Wildman–Crippen MR) is 78.6 cm³/mol. The van der Waals surface area contributed by atoms with Gasteiger partial charge in [-0.25, -0.2) is 4.79 Å². The molecule has 6 heteroatoms. The van der Waals surface area contributed by atoms with Crippen LogP contribution in [0.3, 0.4) is 0 Å². The number of amides is 4. The monoisotopic (exact) mass is 295 g/mol. The molecule has 1 N–H and O–H groups in total. The van der Waals surface area contributed by atoms with Gasteiger partial charge in [-0.1, -0.05) is 25.7 Å². The van der Waals surface area contributed by atoms with Crippen LogP contribution >= 0.6 is 0 Å².